The first kappa shape index (κ1) is 27.7. The van der Waals surface area contributed by atoms with Gasteiger partial charge in [0, 0.05) is 6.42 Å². The summed E-state index contributed by atoms with van der Waals surface area (Å²) in [6.07, 6.45) is 5.17. The molecule has 0 aromatic heterocycles. The maximum Gasteiger partial charge on any atom is 0.125 e. The van der Waals surface area contributed by atoms with E-state index in [-0.39, 0.29) is 12.4 Å². The molecule has 3 aromatic rings. The largest absolute Gasteiger partial charge is 0.379 e. The number of nitrogens with zero attached hydrogens (tertiary/aromatic N) is 1. The molecule has 2 nitrogen and oxygen atoms in total. The van der Waals surface area contributed by atoms with Gasteiger partial charge in [-0.05, 0) is 48.2 Å². The summed E-state index contributed by atoms with van der Waals surface area (Å²) < 4.78 is 0. The first-order valence-electron chi connectivity index (χ1n) is 12.3. The van der Waals surface area contributed by atoms with Crippen LogP contribution in [0.25, 0.3) is 11.1 Å². The summed E-state index contributed by atoms with van der Waals surface area (Å²) in [7, 11) is 0. The molecule has 0 amide bonds. The van der Waals surface area contributed by atoms with Crippen molar-refractivity contribution in [1.29, 1.82) is 0 Å². The molecule has 0 fully saturated rings. The second-order valence-corrected chi connectivity index (χ2v) is 8.68. The van der Waals surface area contributed by atoms with Gasteiger partial charge in [0.15, 0.2) is 0 Å². The van der Waals surface area contributed by atoms with Crippen molar-refractivity contribution in [2.45, 2.75) is 51.6 Å². The lowest BCUT2D eigenvalue weighted by atomic mass is 9.83. The van der Waals surface area contributed by atoms with Gasteiger partial charge in [0.05, 0.1) is 6.54 Å². The average molecular weight is 476 g/mol. The van der Waals surface area contributed by atoms with Gasteiger partial charge in [-0.1, -0.05) is 123 Å². The smallest absolute Gasteiger partial charge is 0.125 e. The summed E-state index contributed by atoms with van der Waals surface area (Å²) in [5, 5.41) is 11.8. The Morgan fingerprint density at radius 2 is 1.18 bits per heavy atom. The van der Waals surface area contributed by atoms with Gasteiger partial charge in [-0.15, -0.1) is 12.4 Å². The fourth-order valence-corrected chi connectivity index (χ4v) is 4.05. The summed E-state index contributed by atoms with van der Waals surface area (Å²) >= 11 is 0. The Balaban J connectivity index is 0.00000408. The topological polar surface area (TPSA) is 23.5 Å². The molecule has 0 heterocycles. The Bertz CT molecular complexity index is 1000. The predicted molar refractivity (Wildman–Crippen MR) is 147 cm³/mol. The molecule has 0 aliphatic rings. The standard InChI is InChI=1S/C31H37NO.ClH/c1-3-5-24-32(25-6-4-2)26-14-13-23-31(33,29-17-11-8-12-18-29)30-21-19-28(20-22-30)27-15-9-7-10-16-27;/h7-12,15-22,33H,3-6,23-26H2,1-2H3;1H. The van der Waals surface area contributed by atoms with Crippen molar-refractivity contribution in [2.24, 2.45) is 0 Å². The van der Waals surface area contributed by atoms with Gasteiger partial charge >= 0.3 is 0 Å². The van der Waals surface area contributed by atoms with Crippen LogP contribution < -0.4 is 0 Å². The maximum atomic E-state index is 11.8. The SMILES string of the molecule is CCCCN(CC#CCC(O)(c1ccccc1)c1ccc(-c2ccccc2)cc1)CCCC.Cl. The number of unbranched alkanes of at least 4 members (excludes halogenated alkanes) is 2. The minimum atomic E-state index is -1.14. The molecular weight excluding hydrogens is 438 g/mol. The van der Waals surface area contributed by atoms with Gasteiger partial charge in [0.1, 0.15) is 5.60 Å². The molecule has 3 aromatic carbocycles. The summed E-state index contributed by atoms with van der Waals surface area (Å²) in [5.41, 5.74) is 2.92. The maximum absolute atomic E-state index is 11.8. The van der Waals surface area contributed by atoms with Gasteiger partial charge in [0.2, 0.25) is 0 Å². The van der Waals surface area contributed by atoms with E-state index in [1.54, 1.807) is 0 Å². The fourth-order valence-electron chi connectivity index (χ4n) is 4.05. The third-order valence-corrected chi connectivity index (χ3v) is 6.15. The number of aliphatic hydroxyl groups is 1. The molecule has 0 saturated carbocycles. The molecule has 1 atom stereocenters. The second-order valence-electron chi connectivity index (χ2n) is 8.68. The van der Waals surface area contributed by atoms with Gasteiger partial charge in [-0.3, -0.25) is 4.90 Å². The van der Waals surface area contributed by atoms with E-state index in [4.69, 9.17) is 0 Å². The number of benzene rings is 3. The van der Waals surface area contributed by atoms with Crippen molar-refractivity contribution in [3.05, 3.63) is 96.1 Å². The molecular formula is C31H38ClNO. The highest BCUT2D eigenvalue weighted by Crippen LogP contribution is 2.34. The normalized spacial score (nSPS) is 12.4. The van der Waals surface area contributed by atoms with Crippen LogP contribution in [-0.4, -0.2) is 29.6 Å². The lowest BCUT2D eigenvalue weighted by Gasteiger charge is -2.28. The van der Waals surface area contributed by atoms with Crippen molar-refractivity contribution < 1.29 is 5.11 Å². The van der Waals surface area contributed by atoms with Crippen molar-refractivity contribution in [1.82, 2.24) is 4.90 Å². The van der Waals surface area contributed by atoms with Crippen LogP contribution in [-0.2, 0) is 5.60 Å². The van der Waals surface area contributed by atoms with Crippen LogP contribution in [0.2, 0.25) is 0 Å². The van der Waals surface area contributed by atoms with E-state index < -0.39 is 5.60 Å². The first-order valence-corrected chi connectivity index (χ1v) is 12.3. The van der Waals surface area contributed by atoms with Gasteiger partial charge in [-0.25, -0.2) is 0 Å². The molecule has 0 spiro atoms. The fraction of sp³-hybridized carbons (Fsp3) is 0.355. The molecule has 1 N–H and O–H groups in total. The van der Waals surface area contributed by atoms with Crippen molar-refractivity contribution >= 4 is 12.4 Å². The summed E-state index contributed by atoms with van der Waals surface area (Å²) in [4.78, 5) is 2.44. The van der Waals surface area contributed by atoms with E-state index in [1.807, 2.05) is 60.7 Å². The second kappa shape index (κ2) is 14.6. The molecule has 3 rings (SSSR count). The van der Waals surface area contributed by atoms with Crippen LogP contribution >= 0.6 is 12.4 Å². The van der Waals surface area contributed by atoms with E-state index >= 15 is 0 Å². The van der Waals surface area contributed by atoms with Crippen LogP contribution in [0.1, 0.15) is 57.1 Å². The molecule has 3 heteroatoms. The molecule has 0 aliphatic carbocycles. The van der Waals surface area contributed by atoms with E-state index in [9.17, 15) is 5.11 Å². The molecule has 34 heavy (non-hydrogen) atoms. The highest BCUT2D eigenvalue weighted by molar-refractivity contribution is 5.85. The van der Waals surface area contributed by atoms with Crippen LogP contribution in [0, 0.1) is 11.8 Å². The van der Waals surface area contributed by atoms with E-state index in [0.717, 1.165) is 36.3 Å². The highest BCUT2D eigenvalue weighted by Gasteiger charge is 2.30. The molecule has 180 valence electrons. The average Bonchev–Trinajstić information content (AvgIpc) is 2.88. The molecule has 0 bridgehead atoms. The first-order chi connectivity index (χ1) is 16.2. The Morgan fingerprint density at radius 3 is 1.74 bits per heavy atom. The third kappa shape index (κ3) is 7.74. The van der Waals surface area contributed by atoms with Crippen LogP contribution in [0.3, 0.4) is 0 Å². The minimum absolute atomic E-state index is 0. The van der Waals surface area contributed by atoms with E-state index in [2.05, 4.69) is 54.9 Å². The van der Waals surface area contributed by atoms with Crippen LogP contribution in [0.15, 0.2) is 84.9 Å². The molecule has 0 aliphatic heterocycles. The lowest BCUT2D eigenvalue weighted by molar-refractivity contribution is 0.0865. The summed E-state index contributed by atoms with van der Waals surface area (Å²) in [6.45, 7) is 7.40. The van der Waals surface area contributed by atoms with Crippen LogP contribution in [0.5, 0.6) is 0 Å². The number of rotatable bonds is 11. The molecule has 0 saturated heterocycles. The number of halogens is 1. The van der Waals surface area contributed by atoms with Crippen molar-refractivity contribution in [3.8, 4) is 23.0 Å². The number of hydrogen-bond donors (Lipinski definition) is 1. The Morgan fingerprint density at radius 1 is 0.676 bits per heavy atom. The Hall–Kier alpha value is -2.57. The monoisotopic (exact) mass is 475 g/mol. The molecule has 1 unspecified atom stereocenters. The minimum Gasteiger partial charge on any atom is -0.379 e. The number of hydrogen-bond acceptors (Lipinski definition) is 2. The van der Waals surface area contributed by atoms with Gasteiger partial charge < -0.3 is 5.11 Å². The zero-order chi connectivity index (χ0) is 23.4. The van der Waals surface area contributed by atoms with Gasteiger partial charge in [-0.2, -0.15) is 0 Å². The quantitative estimate of drug-likeness (QED) is 0.294. The summed E-state index contributed by atoms with van der Waals surface area (Å²) in [6, 6.07) is 28.5. The summed E-state index contributed by atoms with van der Waals surface area (Å²) in [5.74, 6) is 6.66. The lowest BCUT2D eigenvalue weighted by Crippen LogP contribution is -2.28. The van der Waals surface area contributed by atoms with Crippen LogP contribution in [0.4, 0.5) is 0 Å². The Kier molecular flexibility index (Phi) is 11.9. The predicted octanol–water partition coefficient (Wildman–Crippen LogP) is 7.31. The zero-order valence-corrected chi connectivity index (χ0v) is 21.4. The highest BCUT2D eigenvalue weighted by atomic mass is 35.5. The van der Waals surface area contributed by atoms with Crippen molar-refractivity contribution in [3.63, 3.8) is 0 Å². The van der Waals surface area contributed by atoms with Crippen molar-refractivity contribution in [2.75, 3.05) is 19.6 Å². The van der Waals surface area contributed by atoms with Gasteiger partial charge in [0.25, 0.3) is 0 Å². The zero-order valence-electron chi connectivity index (χ0n) is 20.5. The van der Waals surface area contributed by atoms with E-state index in [1.165, 1.54) is 31.2 Å². The molecule has 0 radical (unpaired) electrons. The third-order valence-electron chi connectivity index (χ3n) is 6.15. The Labute approximate surface area is 212 Å². The van der Waals surface area contributed by atoms with E-state index in [0.29, 0.717) is 6.42 Å².